The summed E-state index contributed by atoms with van der Waals surface area (Å²) in [4.78, 5) is 16.3. The van der Waals surface area contributed by atoms with Crippen molar-refractivity contribution < 1.29 is 20.4 Å². The van der Waals surface area contributed by atoms with Gasteiger partial charge in [-0.1, -0.05) is 0 Å². The van der Waals surface area contributed by atoms with E-state index in [2.05, 4.69) is 26.1 Å². The fourth-order valence-electron chi connectivity index (χ4n) is 3.53. The second-order valence-corrected chi connectivity index (χ2v) is 9.05. The van der Waals surface area contributed by atoms with E-state index >= 15 is 0 Å². The third-order valence-electron chi connectivity index (χ3n) is 5.00. The van der Waals surface area contributed by atoms with Gasteiger partial charge in [0.15, 0.2) is 11.5 Å². The number of nitrogens with zero attached hydrogens (tertiary/aromatic N) is 4. The lowest BCUT2D eigenvalue weighted by atomic mass is 10.1. The van der Waals surface area contributed by atoms with Crippen LogP contribution >= 0.6 is 0 Å². The summed E-state index contributed by atoms with van der Waals surface area (Å²) in [5.74, 6) is 1.87. The minimum absolute atomic E-state index is 0.0687. The van der Waals surface area contributed by atoms with Crippen LogP contribution in [0.4, 0.5) is 5.82 Å². The quantitative estimate of drug-likeness (QED) is 0.187. The molecule has 5 atom stereocenters. The van der Waals surface area contributed by atoms with Crippen molar-refractivity contribution in [3.05, 3.63) is 24.6 Å². The molecular formula is C16H24N6O4S. The summed E-state index contributed by atoms with van der Waals surface area (Å²) in [6.45, 7) is 0. The Morgan fingerprint density at radius 3 is 2.89 bits per heavy atom. The molecule has 6 N–H and O–H groups in total. The van der Waals surface area contributed by atoms with Gasteiger partial charge < -0.3 is 36.4 Å². The molecule has 1 fully saturated rings. The average molecular weight is 396 g/mol. The Morgan fingerprint density at radius 1 is 1.41 bits per heavy atom. The van der Waals surface area contributed by atoms with Gasteiger partial charge in [-0.2, -0.15) is 0 Å². The lowest BCUT2D eigenvalue weighted by Gasteiger charge is -2.18. The van der Waals surface area contributed by atoms with Gasteiger partial charge in [0.05, 0.1) is 31.1 Å². The maximum Gasteiger partial charge on any atom is 0.165 e. The number of allylic oxidation sites excluding steroid dienone is 1. The van der Waals surface area contributed by atoms with E-state index in [1.165, 1.54) is 12.5 Å². The molecule has 0 radical (unpaired) electrons. The minimum Gasteiger partial charge on any atom is -0.664 e. The third-order valence-corrected chi connectivity index (χ3v) is 6.90. The number of anilines is 1. The molecule has 0 aromatic carbocycles. The summed E-state index contributed by atoms with van der Waals surface area (Å²) < 4.78 is 1.76. The van der Waals surface area contributed by atoms with Gasteiger partial charge in [0.1, 0.15) is 35.2 Å². The maximum atomic E-state index is 10.6. The van der Waals surface area contributed by atoms with E-state index in [1.807, 2.05) is 0 Å². The minimum atomic E-state index is -0.926. The molecule has 2 aromatic heterocycles. The van der Waals surface area contributed by atoms with E-state index in [4.69, 9.17) is 11.5 Å². The fraction of sp³-hybridized carbons (Fsp3) is 0.562. The van der Waals surface area contributed by atoms with Crippen molar-refractivity contribution >= 4 is 27.9 Å². The first-order chi connectivity index (χ1) is 13.0. The number of nitrogen functional groups attached to an aromatic ring is 1. The number of hydrogen-bond donors (Lipinski definition) is 4. The molecule has 1 saturated carbocycles. The highest BCUT2D eigenvalue weighted by atomic mass is 32.2. The number of aliphatic hydroxyl groups is 2. The normalized spacial score (nSPS) is 27.2. The standard InChI is InChI=1S/C16H24N6O4S/c1-27(3-2-10(5-17)26-25)6-9-4-11(14(24)13(9)23)22-8-21-12-15(18)19-7-20-16(12)22/h5,7-9,11,13-14,23-24H,2-4,6,17H2,1H3,(H2-,18,19,20,25)/b10-5+. The van der Waals surface area contributed by atoms with Crippen molar-refractivity contribution in [2.75, 3.05) is 23.5 Å². The highest BCUT2D eigenvalue weighted by Crippen LogP contribution is 2.38. The number of hydrogen-bond acceptors (Lipinski definition) is 9. The van der Waals surface area contributed by atoms with Crippen LogP contribution in [0.2, 0.25) is 0 Å². The zero-order chi connectivity index (χ0) is 19.6. The Bertz CT molecular complexity index is 815. The molecule has 0 aliphatic heterocycles. The van der Waals surface area contributed by atoms with Crippen LogP contribution in [0.5, 0.6) is 0 Å². The largest absolute Gasteiger partial charge is 0.664 e. The second kappa shape index (κ2) is 8.30. The number of nitrogens with two attached hydrogens (primary N) is 2. The van der Waals surface area contributed by atoms with Gasteiger partial charge in [0.2, 0.25) is 0 Å². The van der Waals surface area contributed by atoms with Crippen LogP contribution in [0.1, 0.15) is 18.9 Å². The lowest BCUT2D eigenvalue weighted by molar-refractivity contribution is -0.672. The monoisotopic (exact) mass is 396 g/mol. The molecule has 2 aromatic rings. The number of aromatic nitrogens is 4. The zero-order valence-electron chi connectivity index (χ0n) is 14.9. The summed E-state index contributed by atoms with van der Waals surface area (Å²) in [7, 11) is -0.0687. The molecule has 1 aliphatic rings. The number of fused-ring (bicyclic) bond motifs is 1. The Kier molecular flexibility index (Phi) is 6.05. The van der Waals surface area contributed by atoms with Crippen LogP contribution < -0.4 is 16.7 Å². The Hall–Kier alpha value is -2.08. The second-order valence-electron chi connectivity index (χ2n) is 6.75. The number of imidazole rings is 1. The van der Waals surface area contributed by atoms with Gasteiger partial charge in [-0.25, -0.2) is 15.0 Å². The molecule has 0 bridgehead atoms. The predicted molar refractivity (Wildman–Crippen MR) is 99.9 cm³/mol. The molecule has 0 amide bonds. The summed E-state index contributed by atoms with van der Waals surface area (Å²) in [5.41, 5.74) is 12.2. The molecule has 148 valence electrons. The van der Waals surface area contributed by atoms with Crippen molar-refractivity contribution in [3.8, 4) is 0 Å². The van der Waals surface area contributed by atoms with Crippen molar-refractivity contribution in [3.63, 3.8) is 0 Å². The number of rotatable bonds is 7. The van der Waals surface area contributed by atoms with Crippen molar-refractivity contribution in [1.29, 1.82) is 0 Å². The smallest absolute Gasteiger partial charge is 0.165 e. The number of aliphatic hydroxyl groups excluding tert-OH is 2. The molecule has 0 spiro atoms. The van der Waals surface area contributed by atoms with Crippen LogP contribution in [0.3, 0.4) is 0 Å². The molecular weight excluding hydrogens is 372 g/mol. The first kappa shape index (κ1) is 19.7. The van der Waals surface area contributed by atoms with Crippen molar-refractivity contribution in [1.82, 2.24) is 19.5 Å². The average Bonchev–Trinajstić information content (AvgIpc) is 3.20. The van der Waals surface area contributed by atoms with E-state index < -0.39 is 12.2 Å². The third kappa shape index (κ3) is 3.95. The first-order valence-corrected chi connectivity index (χ1v) is 10.5. The maximum absolute atomic E-state index is 10.6. The van der Waals surface area contributed by atoms with Gasteiger partial charge in [0.25, 0.3) is 0 Å². The van der Waals surface area contributed by atoms with E-state index in [-0.39, 0.29) is 34.4 Å². The zero-order valence-corrected chi connectivity index (χ0v) is 15.7. The van der Waals surface area contributed by atoms with E-state index in [0.29, 0.717) is 24.0 Å². The molecule has 10 nitrogen and oxygen atoms in total. The van der Waals surface area contributed by atoms with Gasteiger partial charge in [-0.15, -0.1) is 0 Å². The highest BCUT2D eigenvalue weighted by Gasteiger charge is 2.45. The predicted octanol–water partition coefficient (Wildman–Crippen LogP) is -1.58. The van der Waals surface area contributed by atoms with Crippen LogP contribution in [-0.2, 0) is 15.8 Å². The molecule has 5 unspecified atom stereocenters. The summed E-state index contributed by atoms with van der Waals surface area (Å²) in [5, 5.41) is 31.6. The topological polar surface area (TPSA) is 168 Å². The Labute approximate surface area is 159 Å². The highest BCUT2D eigenvalue weighted by molar-refractivity contribution is 7.96. The molecule has 3 rings (SSSR count). The molecule has 0 saturated heterocycles. The van der Waals surface area contributed by atoms with Gasteiger partial charge in [-0.05, 0) is 17.3 Å². The van der Waals surface area contributed by atoms with Gasteiger partial charge >= 0.3 is 0 Å². The first-order valence-electron chi connectivity index (χ1n) is 8.55. The molecule has 27 heavy (non-hydrogen) atoms. The summed E-state index contributed by atoms with van der Waals surface area (Å²) >= 11 is 0. The van der Waals surface area contributed by atoms with Crippen molar-refractivity contribution in [2.45, 2.75) is 31.1 Å². The van der Waals surface area contributed by atoms with Gasteiger partial charge in [0, 0.05) is 12.1 Å². The van der Waals surface area contributed by atoms with Crippen LogP contribution in [0.25, 0.3) is 11.2 Å². The van der Waals surface area contributed by atoms with E-state index in [1.54, 1.807) is 10.9 Å². The fourth-order valence-corrected chi connectivity index (χ4v) is 5.31. The van der Waals surface area contributed by atoms with E-state index in [0.717, 1.165) is 11.5 Å². The summed E-state index contributed by atoms with van der Waals surface area (Å²) in [6, 6.07) is -0.342. The molecule has 1 aliphatic carbocycles. The lowest BCUT2D eigenvalue weighted by Crippen LogP contribution is -2.32. The van der Waals surface area contributed by atoms with Crippen LogP contribution in [0.15, 0.2) is 24.6 Å². The van der Waals surface area contributed by atoms with Gasteiger partial charge in [-0.3, -0.25) is 0 Å². The van der Waals surface area contributed by atoms with Crippen molar-refractivity contribution in [2.24, 2.45) is 11.7 Å². The Morgan fingerprint density at radius 2 is 2.19 bits per heavy atom. The van der Waals surface area contributed by atoms with Crippen LogP contribution in [-0.4, -0.2) is 59.7 Å². The molecule has 11 heteroatoms. The molecule has 2 heterocycles. The summed E-state index contributed by atoms with van der Waals surface area (Å²) in [6.07, 6.45) is 5.44. The SMILES string of the molecule is C[S+](CC/C(=C\N)O[O-])CC1CC(n2cnc3c(N)ncnc32)C(O)C1O. The van der Waals surface area contributed by atoms with E-state index in [9.17, 15) is 15.5 Å². The van der Waals surface area contributed by atoms with Crippen LogP contribution in [0, 0.1) is 5.92 Å². The Balaban J connectivity index is 1.69.